The van der Waals surface area contributed by atoms with Gasteiger partial charge in [0.1, 0.15) is 0 Å². The van der Waals surface area contributed by atoms with Crippen LogP contribution in [0.2, 0.25) is 5.02 Å². The lowest BCUT2D eigenvalue weighted by Gasteiger charge is -2.35. The fourth-order valence-corrected chi connectivity index (χ4v) is 3.90. The first-order valence-corrected chi connectivity index (χ1v) is 10.5. The number of piperazine rings is 1. The molecule has 2 amide bonds. The summed E-state index contributed by atoms with van der Waals surface area (Å²) in [6.45, 7) is 2.06. The number of alkyl halides is 3. The second-order valence-corrected chi connectivity index (χ2v) is 7.90. The van der Waals surface area contributed by atoms with Crippen molar-refractivity contribution in [3.8, 4) is 11.5 Å². The molecule has 2 aromatic rings. The van der Waals surface area contributed by atoms with Gasteiger partial charge < -0.3 is 19.3 Å². The SMILES string of the molecule is O=C(c1ccc(C(F)(F)F)cc1)N1CCN(C(=O)c2cc(Cl)c3c(c2)OCCCO3)CC1. The summed E-state index contributed by atoms with van der Waals surface area (Å²) in [5.74, 6) is 0.232. The minimum absolute atomic E-state index is 0.174. The lowest BCUT2D eigenvalue weighted by molar-refractivity contribution is -0.137. The molecule has 0 radical (unpaired) electrons. The smallest absolute Gasteiger partial charge is 0.416 e. The number of amides is 2. The molecule has 2 aliphatic rings. The van der Waals surface area contributed by atoms with Gasteiger partial charge in [-0.25, -0.2) is 0 Å². The van der Waals surface area contributed by atoms with Crippen LogP contribution in [-0.4, -0.2) is 61.0 Å². The number of nitrogens with zero attached hydrogens (tertiary/aromatic N) is 2. The molecular weight excluding hydrogens is 449 g/mol. The van der Waals surface area contributed by atoms with E-state index in [1.165, 1.54) is 23.1 Å². The number of ether oxygens (including phenoxy) is 2. The largest absolute Gasteiger partial charge is 0.489 e. The number of carbonyl (C=O) groups is 2. The Morgan fingerprint density at radius 1 is 0.844 bits per heavy atom. The molecule has 0 bridgehead atoms. The Balaban J connectivity index is 1.40. The number of fused-ring (bicyclic) bond motifs is 1. The zero-order chi connectivity index (χ0) is 22.9. The van der Waals surface area contributed by atoms with Crippen molar-refractivity contribution in [3.63, 3.8) is 0 Å². The number of benzene rings is 2. The van der Waals surface area contributed by atoms with Crippen molar-refractivity contribution in [2.45, 2.75) is 12.6 Å². The molecule has 0 unspecified atom stereocenters. The molecule has 170 valence electrons. The molecule has 0 aliphatic carbocycles. The molecule has 2 aromatic carbocycles. The minimum atomic E-state index is -4.45. The maximum atomic E-state index is 13.0. The molecule has 0 aromatic heterocycles. The van der Waals surface area contributed by atoms with Gasteiger partial charge in [0.2, 0.25) is 0 Å². The van der Waals surface area contributed by atoms with Gasteiger partial charge in [-0.3, -0.25) is 9.59 Å². The van der Waals surface area contributed by atoms with Crippen molar-refractivity contribution in [3.05, 3.63) is 58.1 Å². The van der Waals surface area contributed by atoms with E-state index < -0.39 is 11.7 Å². The minimum Gasteiger partial charge on any atom is -0.489 e. The number of rotatable bonds is 2. The van der Waals surface area contributed by atoms with E-state index in [0.29, 0.717) is 41.7 Å². The molecule has 10 heteroatoms. The molecule has 32 heavy (non-hydrogen) atoms. The van der Waals surface area contributed by atoms with Crippen molar-refractivity contribution < 1.29 is 32.2 Å². The topological polar surface area (TPSA) is 59.1 Å². The van der Waals surface area contributed by atoms with Gasteiger partial charge in [0.15, 0.2) is 11.5 Å². The Hall–Kier alpha value is -2.94. The molecule has 0 spiro atoms. The van der Waals surface area contributed by atoms with Crippen LogP contribution in [0.1, 0.15) is 32.7 Å². The second-order valence-electron chi connectivity index (χ2n) is 7.50. The highest BCUT2D eigenvalue weighted by atomic mass is 35.5. The third-order valence-corrected chi connectivity index (χ3v) is 5.64. The highest BCUT2D eigenvalue weighted by Gasteiger charge is 2.31. The Labute approximate surface area is 187 Å². The predicted molar refractivity (Wildman–Crippen MR) is 110 cm³/mol. The maximum absolute atomic E-state index is 13.0. The number of halogens is 4. The Kier molecular flexibility index (Phi) is 6.19. The highest BCUT2D eigenvalue weighted by Crippen LogP contribution is 2.38. The summed E-state index contributed by atoms with van der Waals surface area (Å²) in [6, 6.07) is 7.26. The van der Waals surface area contributed by atoms with Crippen molar-refractivity contribution in [2.75, 3.05) is 39.4 Å². The van der Waals surface area contributed by atoms with Crippen molar-refractivity contribution in [2.24, 2.45) is 0 Å². The molecule has 2 heterocycles. The summed E-state index contributed by atoms with van der Waals surface area (Å²) in [7, 11) is 0. The van der Waals surface area contributed by atoms with Gasteiger partial charge in [-0.1, -0.05) is 11.6 Å². The molecule has 6 nitrogen and oxygen atoms in total. The van der Waals surface area contributed by atoms with E-state index in [1.807, 2.05) is 0 Å². The standard InChI is InChI=1S/C22H20ClF3N2O4/c23-17-12-15(13-18-19(17)32-11-1-10-31-18)21(30)28-8-6-27(7-9-28)20(29)14-2-4-16(5-3-14)22(24,25)26/h2-5,12-13H,1,6-11H2. The van der Waals surface area contributed by atoms with Crippen LogP contribution >= 0.6 is 11.6 Å². The number of hydrogen-bond acceptors (Lipinski definition) is 4. The van der Waals surface area contributed by atoms with Crippen LogP contribution in [0.4, 0.5) is 13.2 Å². The van der Waals surface area contributed by atoms with Crippen molar-refractivity contribution in [1.29, 1.82) is 0 Å². The maximum Gasteiger partial charge on any atom is 0.416 e. The van der Waals surface area contributed by atoms with E-state index in [0.717, 1.165) is 12.1 Å². The van der Waals surface area contributed by atoms with Crippen LogP contribution in [0.15, 0.2) is 36.4 Å². The average molecular weight is 469 g/mol. The fraction of sp³-hybridized carbons (Fsp3) is 0.364. The van der Waals surface area contributed by atoms with E-state index in [2.05, 4.69) is 0 Å². The quantitative estimate of drug-likeness (QED) is 0.665. The zero-order valence-electron chi connectivity index (χ0n) is 17.0. The number of hydrogen-bond donors (Lipinski definition) is 0. The lowest BCUT2D eigenvalue weighted by atomic mass is 10.1. The Morgan fingerprint density at radius 2 is 1.41 bits per heavy atom. The molecular formula is C22H20ClF3N2O4. The zero-order valence-corrected chi connectivity index (χ0v) is 17.7. The van der Waals surface area contributed by atoms with Crippen molar-refractivity contribution >= 4 is 23.4 Å². The van der Waals surface area contributed by atoms with Gasteiger partial charge in [0.05, 0.1) is 23.8 Å². The monoisotopic (exact) mass is 468 g/mol. The van der Waals surface area contributed by atoms with Crippen LogP contribution in [0, 0.1) is 0 Å². The van der Waals surface area contributed by atoms with Gasteiger partial charge >= 0.3 is 6.18 Å². The van der Waals surface area contributed by atoms with Crippen LogP contribution in [-0.2, 0) is 6.18 Å². The average Bonchev–Trinajstić information content (AvgIpc) is 3.04. The fourth-order valence-electron chi connectivity index (χ4n) is 3.63. The van der Waals surface area contributed by atoms with Gasteiger partial charge in [-0.15, -0.1) is 0 Å². The normalized spacial score (nSPS) is 16.5. The first-order chi connectivity index (χ1) is 15.2. The summed E-state index contributed by atoms with van der Waals surface area (Å²) in [5.41, 5.74) is -0.271. The summed E-state index contributed by atoms with van der Waals surface area (Å²) < 4.78 is 49.4. The van der Waals surface area contributed by atoms with E-state index in [4.69, 9.17) is 21.1 Å². The van der Waals surface area contributed by atoms with E-state index in [-0.39, 0.29) is 43.6 Å². The summed E-state index contributed by atoms with van der Waals surface area (Å²) in [6.07, 6.45) is -3.74. The van der Waals surface area contributed by atoms with Gasteiger partial charge in [-0.2, -0.15) is 13.2 Å². The predicted octanol–water partition coefficient (Wildman–Crippen LogP) is 4.12. The van der Waals surface area contributed by atoms with Crippen LogP contribution in [0.3, 0.4) is 0 Å². The summed E-state index contributed by atoms with van der Waals surface area (Å²) >= 11 is 6.28. The molecule has 4 rings (SSSR count). The second kappa shape index (κ2) is 8.90. The van der Waals surface area contributed by atoms with Crippen LogP contribution < -0.4 is 9.47 Å². The Morgan fingerprint density at radius 3 is 2.00 bits per heavy atom. The van der Waals surface area contributed by atoms with E-state index in [9.17, 15) is 22.8 Å². The number of carbonyl (C=O) groups excluding carboxylic acids is 2. The molecule has 0 saturated carbocycles. The van der Waals surface area contributed by atoms with Gasteiger partial charge in [0, 0.05) is 43.7 Å². The van der Waals surface area contributed by atoms with Gasteiger partial charge in [0.25, 0.3) is 11.8 Å². The van der Waals surface area contributed by atoms with Crippen molar-refractivity contribution in [1.82, 2.24) is 9.80 Å². The van der Waals surface area contributed by atoms with Gasteiger partial charge in [-0.05, 0) is 36.4 Å². The third kappa shape index (κ3) is 4.62. The van der Waals surface area contributed by atoms with Crippen LogP contribution in [0.25, 0.3) is 0 Å². The highest BCUT2D eigenvalue weighted by molar-refractivity contribution is 6.32. The Bertz CT molecular complexity index is 1020. The molecule has 0 atom stereocenters. The first kappa shape index (κ1) is 22.3. The lowest BCUT2D eigenvalue weighted by Crippen LogP contribution is -2.50. The molecule has 1 fully saturated rings. The molecule has 2 aliphatic heterocycles. The third-order valence-electron chi connectivity index (χ3n) is 5.36. The first-order valence-electron chi connectivity index (χ1n) is 10.1. The summed E-state index contributed by atoms with van der Waals surface area (Å²) in [5, 5.41) is 0.295. The molecule has 1 saturated heterocycles. The van der Waals surface area contributed by atoms with E-state index >= 15 is 0 Å². The molecule has 0 N–H and O–H groups in total. The van der Waals surface area contributed by atoms with E-state index in [1.54, 1.807) is 11.0 Å². The van der Waals surface area contributed by atoms with Crippen LogP contribution in [0.5, 0.6) is 11.5 Å². The summed E-state index contributed by atoms with van der Waals surface area (Å²) in [4.78, 5) is 28.7.